The predicted octanol–water partition coefficient (Wildman–Crippen LogP) is 3.84. The summed E-state index contributed by atoms with van der Waals surface area (Å²) in [5.74, 6) is -1.32. The Morgan fingerprint density at radius 3 is 2.96 bits per heavy atom. The molecule has 1 aromatic heterocycles. The lowest BCUT2D eigenvalue weighted by molar-refractivity contribution is -0.139. The Hall–Kier alpha value is -2.61. The molecular formula is C19H17F2N3O2S. The molecule has 4 rings (SSSR count). The molecule has 5 nitrogen and oxygen atoms in total. The fourth-order valence-corrected chi connectivity index (χ4v) is 4.13. The SMILES string of the molecule is CCOC(=O)C1=C2CCCN2C(c2nccs2)=NC1c1ccc(F)cc1F. The highest BCUT2D eigenvalue weighted by Crippen LogP contribution is 2.41. The van der Waals surface area contributed by atoms with E-state index in [0.717, 1.165) is 18.2 Å². The van der Waals surface area contributed by atoms with Crippen molar-refractivity contribution in [2.24, 2.45) is 4.99 Å². The van der Waals surface area contributed by atoms with Crippen molar-refractivity contribution in [1.29, 1.82) is 0 Å². The molecular weight excluding hydrogens is 372 g/mol. The maximum absolute atomic E-state index is 14.6. The standard InChI is InChI=1S/C19H17F2N3O2S/c1-2-26-19(25)15-14-4-3-8-24(14)17(18-22-7-9-27-18)23-16(15)12-6-5-11(20)10-13(12)21/h5-7,9-10,16H,2-4,8H2,1H3. The molecule has 27 heavy (non-hydrogen) atoms. The summed E-state index contributed by atoms with van der Waals surface area (Å²) in [7, 11) is 0. The van der Waals surface area contributed by atoms with Crippen LogP contribution in [-0.4, -0.2) is 34.8 Å². The molecule has 2 aromatic rings. The summed E-state index contributed by atoms with van der Waals surface area (Å²) in [6.45, 7) is 2.63. The number of benzene rings is 1. The van der Waals surface area contributed by atoms with Crippen molar-refractivity contribution in [2.75, 3.05) is 13.2 Å². The first-order valence-corrected chi connectivity index (χ1v) is 9.58. The van der Waals surface area contributed by atoms with Crippen LogP contribution in [0.5, 0.6) is 0 Å². The van der Waals surface area contributed by atoms with Gasteiger partial charge in [-0.1, -0.05) is 6.07 Å². The van der Waals surface area contributed by atoms with Crippen molar-refractivity contribution in [2.45, 2.75) is 25.8 Å². The predicted molar refractivity (Wildman–Crippen MR) is 97.3 cm³/mol. The highest BCUT2D eigenvalue weighted by molar-refractivity contribution is 7.11. The first-order chi connectivity index (χ1) is 13.1. The second-order valence-corrected chi connectivity index (χ2v) is 7.09. The van der Waals surface area contributed by atoms with E-state index in [-0.39, 0.29) is 12.2 Å². The summed E-state index contributed by atoms with van der Waals surface area (Å²) in [6, 6.07) is 2.42. The van der Waals surface area contributed by atoms with Crippen LogP contribution in [0.15, 0.2) is 46.0 Å². The Morgan fingerprint density at radius 1 is 1.41 bits per heavy atom. The van der Waals surface area contributed by atoms with E-state index in [9.17, 15) is 13.6 Å². The first-order valence-electron chi connectivity index (χ1n) is 8.70. The topological polar surface area (TPSA) is 54.8 Å². The van der Waals surface area contributed by atoms with E-state index < -0.39 is 23.6 Å². The van der Waals surface area contributed by atoms with Crippen molar-refractivity contribution >= 4 is 23.1 Å². The third-order valence-corrected chi connectivity index (χ3v) is 5.36. The fourth-order valence-electron chi connectivity index (χ4n) is 3.49. The van der Waals surface area contributed by atoms with Gasteiger partial charge in [-0.25, -0.2) is 18.6 Å². The molecule has 0 radical (unpaired) electrons. The zero-order valence-corrected chi connectivity index (χ0v) is 15.4. The lowest BCUT2D eigenvalue weighted by Gasteiger charge is -2.31. The average molecular weight is 389 g/mol. The minimum absolute atomic E-state index is 0.146. The number of carbonyl (C=O) groups excluding carboxylic acids is 1. The number of nitrogens with zero attached hydrogens (tertiary/aromatic N) is 3. The van der Waals surface area contributed by atoms with E-state index in [1.807, 2.05) is 10.3 Å². The van der Waals surface area contributed by atoms with E-state index in [2.05, 4.69) is 9.98 Å². The van der Waals surface area contributed by atoms with Crippen molar-refractivity contribution in [1.82, 2.24) is 9.88 Å². The number of aliphatic imine (C=N–C) groups is 1. The van der Waals surface area contributed by atoms with E-state index in [4.69, 9.17) is 4.74 Å². The molecule has 1 aromatic carbocycles. The zero-order chi connectivity index (χ0) is 19.0. The van der Waals surface area contributed by atoms with Crippen molar-refractivity contribution < 1.29 is 18.3 Å². The molecule has 2 aliphatic rings. The van der Waals surface area contributed by atoms with Gasteiger partial charge in [-0.2, -0.15) is 0 Å². The van der Waals surface area contributed by atoms with Gasteiger partial charge in [0.25, 0.3) is 0 Å². The molecule has 3 heterocycles. The number of carbonyl (C=O) groups is 1. The van der Waals surface area contributed by atoms with Crippen LogP contribution in [0.1, 0.15) is 36.4 Å². The molecule has 8 heteroatoms. The quantitative estimate of drug-likeness (QED) is 0.746. The minimum atomic E-state index is -0.895. The highest BCUT2D eigenvalue weighted by Gasteiger charge is 2.39. The number of esters is 1. The summed E-state index contributed by atoms with van der Waals surface area (Å²) in [5, 5.41) is 2.54. The van der Waals surface area contributed by atoms with Gasteiger partial charge in [0.1, 0.15) is 17.7 Å². The van der Waals surface area contributed by atoms with Crippen LogP contribution in [0.4, 0.5) is 8.78 Å². The highest BCUT2D eigenvalue weighted by atomic mass is 32.1. The molecule has 1 fully saturated rings. The van der Waals surface area contributed by atoms with Crippen LogP contribution in [0, 0.1) is 11.6 Å². The zero-order valence-electron chi connectivity index (χ0n) is 14.6. The van der Waals surface area contributed by atoms with Gasteiger partial charge in [0.2, 0.25) is 0 Å². The molecule has 1 saturated heterocycles. The van der Waals surface area contributed by atoms with Crippen molar-refractivity contribution in [3.8, 4) is 0 Å². The van der Waals surface area contributed by atoms with Gasteiger partial charge < -0.3 is 9.64 Å². The van der Waals surface area contributed by atoms with Gasteiger partial charge in [0, 0.05) is 35.4 Å². The maximum Gasteiger partial charge on any atom is 0.338 e. The second kappa shape index (κ2) is 7.19. The van der Waals surface area contributed by atoms with Crippen molar-refractivity contribution in [3.63, 3.8) is 0 Å². The molecule has 2 aliphatic heterocycles. The number of thiazole rings is 1. The van der Waals surface area contributed by atoms with Gasteiger partial charge in [-0.3, -0.25) is 4.99 Å². The number of hydrogen-bond donors (Lipinski definition) is 0. The van der Waals surface area contributed by atoms with Crippen LogP contribution < -0.4 is 0 Å². The summed E-state index contributed by atoms with van der Waals surface area (Å²) in [5.41, 5.74) is 1.25. The number of halogens is 2. The molecule has 140 valence electrons. The van der Waals surface area contributed by atoms with Gasteiger partial charge in [-0.15, -0.1) is 11.3 Å². The molecule has 1 atom stereocenters. The number of allylic oxidation sites excluding steroid dienone is 1. The number of fused-ring (bicyclic) bond motifs is 1. The number of rotatable bonds is 4. The summed E-state index contributed by atoms with van der Waals surface area (Å²) in [4.78, 5) is 23.7. The van der Waals surface area contributed by atoms with Crippen LogP contribution in [0.25, 0.3) is 0 Å². The number of aromatic nitrogens is 1. The monoisotopic (exact) mass is 389 g/mol. The molecule has 0 amide bonds. The molecule has 0 aliphatic carbocycles. The fraction of sp³-hybridized carbons (Fsp3) is 0.316. The lowest BCUT2D eigenvalue weighted by Crippen LogP contribution is -2.35. The molecule has 0 N–H and O–H groups in total. The average Bonchev–Trinajstić information content (AvgIpc) is 3.32. The lowest BCUT2D eigenvalue weighted by atomic mass is 9.94. The molecule has 0 saturated carbocycles. The molecule has 0 bridgehead atoms. The summed E-state index contributed by atoms with van der Waals surface area (Å²) >= 11 is 1.43. The Balaban J connectivity index is 1.89. The van der Waals surface area contributed by atoms with Crippen LogP contribution >= 0.6 is 11.3 Å². The first kappa shape index (κ1) is 17.8. The Kier molecular flexibility index (Phi) is 4.73. The number of amidine groups is 1. The number of hydrogen-bond acceptors (Lipinski definition) is 6. The van der Waals surface area contributed by atoms with Crippen LogP contribution in [0.3, 0.4) is 0 Å². The number of ether oxygens (including phenoxy) is 1. The maximum atomic E-state index is 14.6. The van der Waals surface area contributed by atoms with E-state index >= 15 is 0 Å². The summed E-state index contributed by atoms with van der Waals surface area (Å²) < 4.78 is 33.2. The van der Waals surface area contributed by atoms with Gasteiger partial charge in [0.05, 0.1) is 12.2 Å². The van der Waals surface area contributed by atoms with Crippen LogP contribution in [0.2, 0.25) is 0 Å². The van der Waals surface area contributed by atoms with E-state index in [0.29, 0.717) is 29.4 Å². The van der Waals surface area contributed by atoms with E-state index in [1.165, 1.54) is 23.5 Å². The largest absolute Gasteiger partial charge is 0.463 e. The smallest absolute Gasteiger partial charge is 0.338 e. The second-order valence-electron chi connectivity index (χ2n) is 6.19. The Bertz CT molecular complexity index is 940. The van der Waals surface area contributed by atoms with Gasteiger partial charge in [-0.05, 0) is 25.8 Å². The summed E-state index contributed by atoms with van der Waals surface area (Å²) in [6.07, 6.45) is 3.19. The van der Waals surface area contributed by atoms with Crippen molar-refractivity contribution in [3.05, 3.63) is 63.3 Å². The minimum Gasteiger partial charge on any atom is -0.463 e. The third kappa shape index (κ3) is 3.14. The van der Waals surface area contributed by atoms with E-state index in [1.54, 1.807) is 13.1 Å². The third-order valence-electron chi connectivity index (χ3n) is 4.59. The molecule has 1 unspecified atom stereocenters. The molecule has 0 spiro atoms. The van der Waals surface area contributed by atoms with Gasteiger partial charge >= 0.3 is 5.97 Å². The Morgan fingerprint density at radius 2 is 2.26 bits per heavy atom. The Labute approximate surface area is 159 Å². The van der Waals surface area contributed by atoms with Crippen LogP contribution in [-0.2, 0) is 9.53 Å². The normalized spacial score (nSPS) is 19.1. The van der Waals surface area contributed by atoms with Gasteiger partial charge in [0.15, 0.2) is 10.8 Å².